The van der Waals surface area contributed by atoms with E-state index in [4.69, 9.17) is 9.15 Å². The van der Waals surface area contributed by atoms with Crippen LogP contribution in [0.25, 0.3) is 0 Å². The molecule has 0 spiro atoms. The number of nitrogens with zero attached hydrogens (tertiary/aromatic N) is 4. The molecule has 1 atom stereocenters. The van der Waals surface area contributed by atoms with Crippen molar-refractivity contribution in [3.63, 3.8) is 0 Å². The minimum Gasteiger partial charge on any atom is -0.441 e. The summed E-state index contributed by atoms with van der Waals surface area (Å²) in [6.45, 7) is 0.931. The summed E-state index contributed by atoms with van der Waals surface area (Å²) in [5, 5.41) is 15.5. The number of rotatable bonds is 5. The van der Waals surface area contributed by atoms with Crippen LogP contribution in [-0.4, -0.2) is 60.4 Å². The van der Waals surface area contributed by atoms with Gasteiger partial charge in [-0.05, 0) is 20.2 Å². The maximum atomic E-state index is 11.5. The number of hydrazone groups is 1. The molecule has 0 aliphatic carbocycles. The summed E-state index contributed by atoms with van der Waals surface area (Å²) in [5.41, 5.74) is 0. The fraction of sp³-hybridized carbons (Fsp3) is 0.455. The molecule has 1 aromatic heterocycles. The first-order valence-electron chi connectivity index (χ1n) is 5.87. The third-order valence-electron chi connectivity index (χ3n) is 2.54. The van der Waals surface area contributed by atoms with Crippen molar-refractivity contribution in [3.8, 4) is 0 Å². The lowest BCUT2D eigenvalue weighted by Gasteiger charge is -2.13. The average Bonchev–Trinajstić information content (AvgIpc) is 2.93. The number of carbonyl (C=O) groups is 1. The number of ether oxygens (including phenoxy) is 1. The predicted octanol–water partition coefficient (Wildman–Crippen LogP) is 0.904. The van der Waals surface area contributed by atoms with Crippen LogP contribution in [-0.2, 0) is 4.74 Å². The zero-order valence-electron chi connectivity index (χ0n) is 11.1. The Balaban J connectivity index is 1.97. The van der Waals surface area contributed by atoms with Gasteiger partial charge in [0, 0.05) is 6.54 Å². The van der Waals surface area contributed by atoms with Gasteiger partial charge >= 0.3 is 12.0 Å². The Morgan fingerprint density at radius 2 is 2.35 bits per heavy atom. The van der Waals surface area contributed by atoms with Crippen LogP contribution >= 0.6 is 0 Å². The van der Waals surface area contributed by atoms with Crippen LogP contribution in [0.2, 0.25) is 0 Å². The van der Waals surface area contributed by atoms with Gasteiger partial charge in [0.15, 0.2) is 5.76 Å². The highest BCUT2D eigenvalue weighted by Gasteiger charge is 2.31. The van der Waals surface area contributed by atoms with Crippen molar-refractivity contribution >= 4 is 18.2 Å². The monoisotopic (exact) mass is 282 g/mol. The normalized spacial score (nSPS) is 19.1. The zero-order chi connectivity index (χ0) is 14.7. The molecule has 1 aliphatic rings. The quantitative estimate of drug-likeness (QED) is 0.452. The number of likely N-dealkylation sites (N-methyl/N-ethyl adjacent to an activating group) is 1. The number of nitro groups is 1. The van der Waals surface area contributed by atoms with E-state index >= 15 is 0 Å². The van der Waals surface area contributed by atoms with E-state index in [0.29, 0.717) is 13.1 Å². The van der Waals surface area contributed by atoms with Gasteiger partial charge in [-0.3, -0.25) is 10.1 Å². The molecule has 1 aromatic rings. The molecule has 1 aliphatic heterocycles. The number of hydrogen-bond acceptors (Lipinski definition) is 7. The molecule has 0 aromatic carbocycles. The highest BCUT2D eigenvalue weighted by atomic mass is 16.6. The maximum absolute atomic E-state index is 11.5. The third-order valence-corrected chi connectivity index (χ3v) is 2.54. The van der Waals surface area contributed by atoms with Crippen LogP contribution in [0, 0.1) is 10.1 Å². The second-order valence-electron chi connectivity index (χ2n) is 4.53. The largest absolute Gasteiger partial charge is 0.441 e. The lowest BCUT2D eigenvalue weighted by Crippen LogP contribution is -2.28. The molecular weight excluding hydrogens is 268 g/mol. The minimum absolute atomic E-state index is 0.195. The van der Waals surface area contributed by atoms with Crippen molar-refractivity contribution in [3.05, 3.63) is 28.0 Å². The molecule has 2 rings (SSSR count). The van der Waals surface area contributed by atoms with Gasteiger partial charge in [0.1, 0.15) is 11.0 Å². The molecule has 1 fully saturated rings. The van der Waals surface area contributed by atoms with E-state index in [1.807, 2.05) is 19.0 Å². The summed E-state index contributed by atoms with van der Waals surface area (Å²) in [5.74, 6) is -0.179. The van der Waals surface area contributed by atoms with Gasteiger partial charge in [-0.15, -0.1) is 0 Å². The second-order valence-corrected chi connectivity index (χ2v) is 4.53. The van der Waals surface area contributed by atoms with Crippen LogP contribution < -0.4 is 0 Å². The Bertz CT molecular complexity index is 539. The Kier molecular flexibility index (Phi) is 3.99. The summed E-state index contributed by atoms with van der Waals surface area (Å²) in [4.78, 5) is 23.2. The molecule has 0 radical (unpaired) electrons. The number of furan rings is 1. The molecule has 9 heteroatoms. The van der Waals surface area contributed by atoms with E-state index in [1.54, 1.807) is 0 Å². The molecule has 1 saturated heterocycles. The zero-order valence-corrected chi connectivity index (χ0v) is 11.1. The fourth-order valence-corrected chi connectivity index (χ4v) is 1.74. The molecule has 20 heavy (non-hydrogen) atoms. The third kappa shape index (κ3) is 3.32. The Hall–Kier alpha value is -2.42. The maximum Gasteiger partial charge on any atom is 0.433 e. The van der Waals surface area contributed by atoms with Crippen LogP contribution in [0.5, 0.6) is 0 Å². The molecule has 2 heterocycles. The molecule has 9 nitrogen and oxygen atoms in total. The van der Waals surface area contributed by atoms with Crippen LogP contribution in [0.4, 0.5) is 10.7 Å². The van der Waals surface area contributed by atoms with Crippen molar-refractivity contribution < 1.29 is 18.9 Å². The molecule has 1 amide bonds. The first-order chi connectivity index (χ1) is 9.45. The molecule has 108 valence electrons. The van der Waals surface area contributed by atoms with Gasteiger partial charge in [-0.2, -0.15) is 10.1 Å². The van der Waals surface area contributed by atoms with Gasteiger partial charge in [-0.1, -0.05) is 0 Å². The fourth-order valence-electron chi connectivity index (χ4n) is 1.74. The molecular formula is C11H14N4O5. The standard InChI is InChI=1S/C11H14N4O5/c1-13(2)6-9-7-14(11(16)20-9)12-5-8-3-4-10(19-8)15(17)18/h3-5,9H,6-7H2,1-2H3. The first-order valence-corrected chi connectivity index (χ1v) is 5.87. The Labute approximate surface area is 114 Å². The van der Waals surface area contributed by atoms with Crippen molar-refractivity contribution in [1.82, 2.24) is 9.91 Å². The van der Waals surface area contributed by atoms with Gasteiger partial charge in [0.2, 0.25) is 0 Å². The van der Waals surface area contributed by atoms with Crippen LogP contribution in [0.15, 0.2) is 21.7 Å². The van der Waals surface area contributed by atoms with E-state index in [0.717, 1.165) is 5.01 Å². The van der Waals surface area contributed by atoms with E-state index in [9.17, 15) is 14.9 Å². The number of carbonyl (C=O) groups excluding carboxylic acids is 1. The summed E-state index contributed by atoms with van der Waals surface area (Å²) in [6, 6.07) is 2.62. The number of cyclic esters (lactones) is 1. The smallest absolute Gasteiger partial charge is 0.433 e. The lowest BCUT2D eigenvalue weighted by molar-refractivity contribution is -0.402. The van der Waals surface area contributed by atoms with Crippen LogP contribution in [0.1, 0.15) is 5.76 Å². The Morgan fingerprint density at radius 1 is 1.60 bits per heavy atom. The lowest BCUT2D eigenvalue weighted by atomic mass is 10.3. The Morgan fingerprint density at radius 3 is 2.95 bits per heavy atom. The van der Waals surface area contributed by atoms with Crippen LogP contribution in [0.3, 0.4) is 0 Å². The number of hydrogen-bond donors (Lipinski definition) is 0. The number of amides is 1. The van der Waals surface area contributed by atoms with E-state index in [-0.39, 0.29) is 17.7 Å². The summed E-state index contributed by atoms with van der Waals surface area (Å²) < 4.78 is 10.0. The van der Waals surface area contributed by atoms with Crippen molar-refractivity contribution in [2.75, 3.05) is 27.2 Å². The minimum atomic E-state index is -0.644. The van der Waals surface area contributed by atoms with E-state index in [1.165, 1.54) is 18.3 Å². The topological polar surface area (TPSA) is 101 Å². The van der Waals surface area contributed by atoms with E-state index in [2.05, 4.69) is 5.10 Å². The van der Waals surface area contributed by atoms with Gasteiger partial charge in [0.05, 0.1) is 18.8 Å². The highest BCUT2D eigenvalue weighted by Crippen LogP contribution is 2.15. The van der Waals surface area contributed by atoms with Gasteiger partial charge in [0.25, 0.3) is 0 Å². The van der Waals surface area contributed by atoms with Gasteiger partial charge < -0.3 is 14.1 Å². The van der Waals surface area contributed by atoms with E-state index < -0.39 is 11.0 Å². The van der Waals surface area contributed by atoms with Gasteiger partial charge in [-0.25, -0.2) is 4.79 Å². The predicted molar refractivity (Wildman–Crippen MR) is 68.5 cm³/mol. The summed E-state index contributed by atoms with van der Waals surface area (Å²) in [6.07, 6.45) is 0.446. The molecule has 0 saturated carbocycles. The SMILES string of the molecule is CN(C)CC1CN(N=Cc2ccc([N+](=O)[O-])o2)C(=O)O1. The summed E-state index contributed by atoms with van der Waals surface area (Å²) >= 11 is 0. The highest BCUT2D eigenvalue weighted by molar-refractivity contribution is 5.78. The van der Waals surface area contributed by atoms with Crippen molar-refractivity contribution in [1.29, 1.82) is 0 Å². The van der Waals surface area contributed by atoms with Crippen molar-refractivity contribution in [2.24, 2.45) is 5.10 Å². The molecule has 1 unspecified atom stereocenters. The van der Waals surface area contributed by atoms with Crippen molar-refractivity contribution in [2.45, 2.75) is 6.10 Å². The summed E-state index contributed by atoms with van der Waals surface area (Å²) in [7, 11) is 3.75. The molecule has 0 N–H and O–H groups in total. The molecule has 0 bridgehead atoms. The first kappa shape index (κ1) is 14.0. The second kappa shape index (κ2) is 5.70. The average molecular weight is 282 g/mol.